The number of carbonyl (C=O) groups is 2. The molecule has 1 N–H and O–H groups in total. The zero-order chi connectivity index (χ0) is 14.5. The molecule has 1 aliphatic rings. The molecule has 0 radical (unpaired) electrons. The molecule has 1 amide bonds. The third-order valence-electron chi connectivity index (χ3n) is 2.54. The number of Topliss-reactive ketones (excluding diaryl/α,β-unsaturated/α-hetero) is 1. The van der Waals surface area contributed by atoms with Gasteiger partial charge in [0.15, 0.2) is 0 Å². The van der Waals surface area contributed by atoms with Crippen molar-refractivity contribution in [3.05, 3.63) is 34.7 Å². The van der Waals surface area contributed by atoms with Crippen molar-refractivity contribution in [2.75, 3.05) is 6.61 Å². The summed E-state index contributed by atoms with van der Waals surface area (Å²) in [6, 6.07) is 7.32. The van der Waals surface area contributed by atoms with Crippen LogP contribution >= 0.6 is 24.0 Å². The molecule has 2 rings (SSSR count). The molecule has 0 aromatic heterocycles. The Labute approximate surface area is 126 Å². The average molecular weight is 307 g/mol. The van der Waals surface area contributed by atoms with Gasteiger partial charge in [0.1, 0.15) is 15.9 Å². The van der Waals surface area contributed by atoms with Crippen molar-refractivity contribution < 1.29 is 14.3 Å². The van der Waals surface area contributed by atoms with Gasteiger partial charge in [0, 0.05) is 6.42 Å². The van der Waals surface area contributed by atoms with Gasteiger partial charge in [-0.05, 0) is 30.7 Å². The standard InChI is InChI=1S/C14H13NO3S2/c1-9(16)6-7-18-11-4-2-10(3-5-11)8-12-13(17)15-14(19)20-12/h2-5,8H,6-7H2,1H3,(H,15,17,19)/b12-8-. The molecule has 0 aliphatic carbocycles. The number of thiocarbonyl (C=S) groups is 1. The van der Waals surface area contributed by atoms with Crippen LogP contribution in [0.4, 0.5) is 0 Å². The lowest BCUT2D eigenvalue weighted by Crippen LogP contribution is -2.17. The first-order valence-corrected chi connectivity index (χ1v) is 7.24. The maximum Gasteiger partial charge on any atom is 0.263 e. The minimum Gasteiger partial charge on any atom is -0.493 e. The summed E-state index contributed by atoms with van der Waals surface area (Å²) in [5.74, 6) is 0.640. The van der Waals surface area contributed by atoms with Crippen molar-refractivity contribution >= 4 is 46.1 Å². The van der Waals surface area contributed by atoms with E-state index in [9.17, 15) is 9.59 Å². The molecule has 1 aromatic rings. The highest BCUT2D eigenvalue weighted by atomic mass is 32.2. The second-order valence-corrected chi connectivity index (χ2v) is 5.94. The molecule has 20 heavy (non-hydrogen) atoms. The molecule has 0 saturated carbocycles. The summed E-state index contributed by atoms with van der Waals surface area (Å²) in [5, 5.41) is 2.57. The molecule has 6 heteroatoms. The van der Waals surface area contributed by atoms with Gasteiger partial charge in [-0.25, -0.2) is 0 Å². The number of amides is 1. The molecule has 1 aliphatic heterocycles. The van der Waals surface area contributed by atoms with Gasteiger partial charge in [0.2, 0.25) is 0 Å². The Morgan fingerprint density at radius 1 is 1.40 bits per heavy atom. The molecule has 0 spiro atoms. The van der Waals surface area contributed by atoms with Gasteiger partial charge in [-0.1, -0.05) is 36.1 Å². The lowest BCUT2D eigenvalue weighted by atomic mass is 10.2. The van der Waals surface area contributed by atoms with Crippen molar-refractivity contribution in [3.63, 3.8) is 0 Å². The maximum absolute atomic E-state index is 11.5. The zero-order valence-corrected chi connectivity index (χ0v) is 12.5. The Hall–Kier alpha value is -1.66. The van der Waals surface area contributed by atoms with Gasteiger partial charge in [-0.3, -0.25) is 9.59 Å². The summed E-state index contributed by atoms with van der Waals surface area (Å²) >= 11 is 6.17. The molecule has 1 heterocycles. The maximum atomic E-state index is 11.5. The van der Waals surface area contributed by atoms with Crippen molar-refractivity contribution in [1.82, 2.24) is 5.32 Å². The second kappa shape index (κ2) is 6.67. The highest BCUT2D eigenvalue weighted by molar-refractivity contribution is 8.26. The Morgan fingerprint density at radius 3 is 2.65 bits per heavy atom. The van der Waals surface area contributed by atoms with Crippen LogP contribution in [-0.4, -0.2) is 22.6 Å². The van der Waals surface area contributed by atoms with Gasteiger partial charge in [0.05, 0.1) is 11.5 Å². The number of nitrogens with one attached hydrogen (secondary N) is 1. The lowest BCUT2D eigenvalue weighted by molar-refractivity contribution is -0.117. The third kappa shape index (κ3) is 4.18. The topological polar surface area (TPSA) is 55.4 Å². The number of thioether (sulfide) groups is 1. The first-order valence-electron chi connectivity index (χ1n) is 6.02. The van der Waals surface area contributed by atoms with Gasteiger partial charge in [-0.2, -0.15) is 0 Å². The summed E-state index contributed by atoms with van der Waals surface area (Å²) in [4.78, 5) is 22.9. The Bertz CT molecular complexity index is 579. The number of carbonyl (C=O) groups excluding carboxylic acids is 2. The summed E-state index contributed by atoms with van der Waals surface area (Å²) in [7, 11) is 0. The van der Waals surface area contributed by atoms with Gasteiger partial charge < -0.3 is 10.1 Å². The highest BCUT2D eigenvalue weighted by Gasteiger charge is 2.21. The minimum atomic E-state index is -0.165. The number of ether oxygens (including phenoxy) is 1. The van der Waals surface area contributed by atoms with Crippen molar-refractivity contribution in [2.24, 2.45) is 0 Å². The zero-order valence-electron chi connectivity index (χ0n) is 10.8. The summed E-state index contributed by atoms with van der Waals surface area (Å²) in [6.07, 6.45) is 2.18. The smallest absolute Gasteiger partial charge is 0.263 e. The molecule has 0 atom stereocenters. The Kier molecular flexibility index (Phi) is 4.92. The van der Waals surface area contributed by atoms with Crippen LogP contribution in [0.5, 0.6) is 5.75 Å². The number of hydrogen-bond donors (Lipinski definition) is 1. The van der Waals surface area contributed by atoms with Crippen LogP contribution < -0.4 is 10.1 Å². The van der Waals surface area contributed by atoms with E-state index in [0.717, 1.165) is 5.56 Å². The number of hydrogen-bond acceptors (Lipinski definition) is 5. The Morgan fingerprint density at radius 2 is 2.10 bits per heavy atom. The van der Waals surface area contributed by atoms with E-state index in [2.05, 4.69) is 5.32 Å². The molecule has 0 unspecified atom stereocenters. The van der Waals surface area contributed by atoms with E-state index >= 15 is 0 Å². The van der Waals surface area contributed by atoms with Crippen LogP contribution in [0, 0.1) is 0 Å². The fourth-order valence-corrected chi connectivity index (χ4v) is 2.59. The van der Waals surface area contributed by atoms with E-state index in [4.69, 9.17) is 17.0 Å². The summed E-state index contributed by atoms with van der Waals surface area (Å²) in [6.45, 7) is 1.91. The molecular formula is C14H13NO3S2. The monoisotopic (exact) mass is 307 g/mol. The van der Waals surface area contributed by atoms with Gasteiger partial charge in [-0.15, -0.1) is 0 Å². The van der Waals surface area contributed by atoms with Crippen LogP contribution in [0.15, 0.2) is 29.2 Å². The SMILES string of the molecule is CC(=O)CCOc1ccc(/C=C2\SC(=S)NC2=O)cc1. The molecule has 4 nitrogen and oxygen atoms in total. The van der Waals surface area contributed by atoms with Crippen LogP contribution in [0.3, 0.4) is 0 Å². The average Bonchev–Trinajstić information content (AvgIpc) is 2.69. The van der Waals surface area contributed by atoms with Crippen LogP contribution in [0.1, 0.15) is 18.9 Å². The van der Waals surface area contributed by atoms with Crippen LogP contribution in [0.2, 0.25) is 0 Å². The molecule has 1 fully saturated rings. The van der Waals surface area contributed by atoms with Gasteiger partial charge >= 0.3 is 0 Å². The van der Waals surface area contributed by atoms with E-state index in [1.54, 1.807) is 6.08 Å². The predicted molar refractivity (Wildman–Crippen MR) is 83.5 cm³/mol. The quantitative estimate of drug-likeness (QED) is 0.669. The number of ketones is 1. The van der Waals surface area contributed by atoms with E-state index in [-0.39, 0.29) is 11.7 Å². The first kappa shape index (κ1) is 14.7. The minimum absolute atomic E-state index is 0.103. The third-order valence-corrected chi connectivity index (χ3v) is 3.71. The fraction of sp³-hybridized carbons (Fsp3) is 0.214. The summed E-state index contributed by atoms with van der Waals surface area (Å²) in [5.41, 5.74) is 0.895. The van der Waals surface area contributed by atoms with E-state index in [1.807, 2.05) is 24.3 Å². The van der Waals surface area contributed by atoms with E-state index in [1.165, 1.54) is 18.7 Å². The normalized spacial score (nSPS) is 16.4. The molecule has 1 saturated heterocycles. The second-order valence-electron chi connectivity index (χ2n) is 4.22. The Balaban J connectivity index is 1.98. The molecule has 104 valence electrons. The molecule has 1 aromatic carbocycles. The van der Waals surface area contributed by atoms with Crippen LogP contribution in [0.25, 0.3) is 6.08 Å². The van der Waals surface area contributed by atoms with Crippen molar-refractivity contribution in [2.45, 2.75) is 13.3 Å². The van der Waals surface area contributed by atoms with Gasteiger partial charge in [0.25, 0.3) is 5.91 Å². The summed E-state index contributed by atoms with van der Waals surface area (Å²) < 4.78 is 5.91. The van der Waals surface area contributed by atoms with Crippen LogP contribution in [-0.2, 0) is 9.59 Å². The highest BCUT2D eigenvalue weighted by Crippen LogP contribution is 2.26. The number of rotatable bonds is 5. The fourth-order valence-electron chi connectivity index (χ4n) is 1.55. The largest absolute Gasteiger partial charge is 0.493 e. The first-order chi connectivity index (χ1) is 9.54. The lowest BCUT2D eigenvalue weighted by Gasteiger charge is -2.04. The molecular weight excluding hydrogens is 294 g/mol. The number of benzene rings is 1. The molecule has 0 bridgehead atoms. The van der Waals surface area contributed by atoms with Crippen molar-refractivity contribution in [1.29, 1.82) is 0 Å². The van der Waals surface area contributed by atoms with Crippen molar-refractivity contribution in [3.8, 4) is 5.75 Å². The predicted octanol–water partition coefficient (Wildman–Crippen LogP) is 2.53. The van der Waals surface area contributed by atoms with E-state index in [0.29, 0.717) is 28.0 Å². The van der Waals surface area contributed by atoms with E-state index < -0.39 is 0 Å².